The van der Waals surface area contributed by atoms with E-state index in [1.54, 1.807) is 6.07 Å². The molecule has 0 aliphatic heterocycles. The lowest BCUT2D eigenvalue weighted by Gasteiger charge is -2.03. The minimum absolute atomic E-state index is 0. The van der Waals surface area contributed by atoms with Crippen LogP contribution in [0.1, 0.15) is 76.7 Å². The molecule has 0 radical (unpaired) electrons. The summed E-state index contributed by atoms with van der Waals surface area (Å²) in [6.07, 6.45) is 13.6. The Morgan fingerprint density at radius 1 is 1.00 bits per heavy atom. The van der Waals surface area contributed by atoms with Crippen LogP contribution in [-0.2, 0) is 6.42 Å². The summed E-state index contributed by atoms with van der Waals surface area (Å²) in [5.41, 5.74) is 0.822. The van der Waals surface area contributed by atoms with E-state index in [0.29, 0.717) is 0 Å². The predicted molar refractivity (Wildman–Crippen MR) is 93.4 cm³/mol. The van der Waals surface area contributed by atoms with Gasteiger partial charge < -0.3 is 12.4 Å². The van der Waals surface area contributed by atoms with Crippen LogP contribution in [-0.4, -0.2) is 4.92 Å². The lowest BCUT2D eigenvalue weighted by atomic mass is 10.0. The molecule has 0 N–H and O–H groups in total. The van der Waals surface area contributed by atoms with E-state index in [1.165, 1.54) is 63.5 Å². The number of aryl methyl sites for hydroxylation is 1. The first-order chi connectivity index (χ1) is 11.2. The molecule has 0 fully saturated rings. The van der Waals surface area contributed by atoms with Gasteiger partial charge >= 0.3 is 11.4 Å². The Morgan fingerprint density at radius 3 is 2.04 bits per heavy atom. The van der Waals surface area contributed by atoms with Gasteiger partial charge in [0.05, 0.1) is 4.92 Å². The first-order valence-electron chi connectivity index (χ1n) is 8.81. The number of nitro benzene ring substituents is 1. The van der Waals surface area contributed by atoms with Crippen LogP contribution >= 0.6 is 0 Å². The normalized spacial score (nSPS) is 10.0. The van der Waals surface area contributed by atoms with E-state index in [-0.39, 0.29) is 23.8 Å². The molecule has 5 nitrogen and oxygen atoms in total. The molecule has 0 aliphatic carbocycles. The highest BCUT2D eigenvalue weighted by molar-refractivity contribution is 5.62. The highest BCUT2D eigenvalue weighted by atomic mass is 35.5. The van der Waals surface area contributed by atoms with Crippen LogP contribution in [0.2, 0.25) is 0 Å². The van der Waals surface area contributed by atoms with Crippen molar-refractivity contribution in [2.24, 2.45) is 0 Å². The van der Waals surface area contributed by atoms with Crippen LogP contribution in [0, 0.1) is 15.5 Å². The zero-order valence-electron chi connectivity index (χ0n) is 14.5. The lowest BCUT2D eigenvalue weighted by Crippen LogP contribution is -3.00. The molecule has 0 heterocycles. The molecule has 1 aromatic carbocycles. The van der Waals surface area contributed by atoms with E-state index in [1.807, 2.05) is 0 Å². The van der Waals surface area contributed by atoms with E-state index < -0.39 is 4.92 Å². The highest BCUT2D eigenvalue weighted by Crippen LogP contribution is 2.28. The third-order valence-corrected chi connectivity index (χ3v) is 4.16. The number of hydrogen-bond donors (Lipinski definition) is 0. The van der Waals surface area contributed by atoms with Crippen LogP contribution in [0.4, 0.5) is 11.4 Å². The van der Waals surface area contributed by atoms with Crippen molar-refractivity contribution in [3.05, 3.63) is 38.9 Å². The van der Waals surface area contributed by atoms with Crippen molar-refractivity contribution >= 4 is 11.4 Å². The number of diazo groups is 1. The number of hydrogen-bond acceptors (Lipinski definition) is 3. The quantitative estimate of drug-likeness (QED) is 0.250. The second kappa shape index (κ2) is 13.7. The largest absolute Gasteiger partial charge is 1.00 e. The maximum Gasteiger partial charge on any atom is 0.461 e. The summed E-state index contributed by atoms with van der Waals surface area (Å²) < 4.78 is 0. The van der Waals surface area contributed by atoms with Crippen LogP contribution in [0.15, 0.2) is 18.2 Å². The minimum Gasteiger partial charge on any atom is -1.00 e. The van der Waals surface area contributed by atoms with Crippen molar-refractivity contribution in [1.29, 1.82) is 5.39 Å². The Morgan fingerprint density at radius 2 is 1.54 bits per heavy atom. The monoisotopic (exact) mass is 353 g/mol. The smallest absolute Gasteiger partial charge is 0.461 e. The van der Waals surface area contributed by atoms with Crippen LogP contribution in [0.25, 0.3) is 4.98 Å². The molecular formula is C18H28ClN3O2. The number of benzene rings is 1. The Kier molecular flexibility index (Phi) is 12.8. The van der Waals surface area contributed by atoms with Gasteiger partial charge in [0.1, 0.15) is 0 Å². The number of rotatable bonds is 12. The molecule has 0 bridgehead atoms. The fourth-order valence-electron chi connectivity index (χ4n) is 2.77. The van der Waals surface area contributed by atoms with Gasteiger partial charge in [0, 0.05) is 12.1 Å². The number of halogens is 1. The van der Waals surface area contributed by atoms with Crippen molar-refractivity contribution in [2.75, 3.05) is 0 Å². The number of unbranched alkanes of at least 4 members (excludes halogenated alkanes) is 9. The Balaban J connectivity index is 0.00000529. The summed E-state index contributed by atoms with van der Waals surface area (Å²) in [7, 11) is 0. The average molecular weight is 354 g/mol. The van der Waals surface area contributed by atoms with Gasteiger partial charge in [-0.15, -0.1) is 0 Å². The maximum absolute atomic E-state index is 10.9. The molecule has 134 valence electrons. The van der Waals surface area contributed by atoms with E-state index in [9.17, 15) is 10.1 Å². The van der Waals surface area contributed by atoms with E-state index in [2.05, 4.69) is 11.9 Å². The summed E-state index contributed by atoms with van der Waals surface area (Å²) in [5, 5.41) is 19.7. The SMILES string of the molecule is CCCCCCCCCCCCc1ccc([N+]#N)c([N+](=O)[O-])c1.[Cl-]. The summed E-state index contributed by atoms with van der Waals surface area (Å²) in [4.78, 5) is 13.4. The third-order valence-electron chi connectivity index (χ3n) is 4.16. The molecule has 0 aromatic heterocycles. The predicted octanol–water partition coefficient (Wildman–Crippen LogP) is 3.55. The lowest BCUT2D eigenvalue weighted by molar-refractivity contribution is -0.383. The van der Waals surface area contributed by atoms with Crippen molar-refractivity contribution in [3.8, 4) is 0 Å². The summed E-state index contributed by atoms with van der Waals surface area (Å²) >= 11 is 0. The molecule has 0 aliphatic rings. The third kappa shape index (κ3) is 8.83. The summed E-state index contributed by atoms with van der Waals surface area (Å²) in [6, 6.07) is 4.82. The van der Waals surface area contributed by atoms with E-state index >= 15 is 0 Å². The molecule has 0 saturated heterocycles. The second-order valence-corrected chi connectivity index (χ2v) is 6.11. The van der Waals surface area contributed by atoms with Crippen molar-refractivity contribution in [2.45, 2.75) is 77.6 Å². The van der Waals surface area contributed by atoms with E-state index in [0.717, 1.165) is 24.8 Å². The van der Waals surface area contributed by atoms with Gasteiger partial charge in [-0.2, -0.15) is 0 Å². The standard InChI is InChI=1S/C18H28N3O2.ClH/c1-2-3-4-5-6-7-8-9-10-11-12-16-13-14-17(20-19)18(15-16)21(22)23;/h13-15H,2-12H2,1H3;1H/q+1;/p-1. The van der Waals surface area contributed by atoms with Crippen molar-refractivity contribution < 1.29 is 17.3 Å². The van der Waals surface area contributed by atoms with Gasteiger partial charge in [-0.25, -0.2) is 0 Å². The molecule has 24 heavy (non-hydrogen) atoms. The fourth-order valence-corrected chi connectivity index (χ4v) is 2.77. The molecule has 6 heteroatoms. The highest BCUT2D eigenvalue weighted by Gasteiger charge is 2.24. The van der Waals surface area contributed by atoms with Gasteiger partial charge in [-0.05, 0) is 18.4 Å². The first-order valence-corrected chi connectivity index (χ1v) is 8.81. The van der Waals surface area contributed by atoms with Crippen molar-refractivity contribution in [1.82, 2.24) is 0 Å². The van der Waals surface area contributed by atoms with Gasteiger partial charge in [0.15, 0.2) is 4.98 Å². The Hall–Kier alpha value is -1.67. The maximum atomic E-state index is 10.9. The molecular weight excluding hydrogens is 326 g/mol. The Labute approximate surface area is 151 Å². The fraction of sp³-hybridized carbons (Fsp3) is 0.667. The van der Waals surface area contributed by atoms with Gasteiger partial charge in [0.25, 0.3) is 0 Å². The van der Waals surface area contributed by atoms with Crippen LogP contribution in [0.5, 0.6) is 0 Å². The molecule has 0 spiro atoms. The number of nitrogens with zero attached hydrogens (tertiary/aromatic N) is 3. The van der Waals surface area contributed by atoms with Crippen LogP contribution in [0.3, 0.4) is 0 Å². The zero-order valence-corrected chi connectivity index (χ0v) is 15.3. The topological polar surface area (TPSA) is 71.3 Å². The minimum atomic E-state index is -0.503. The van der Waals surface area contributed by atoms with Gasteiger partial charge in [-0.3, -0.25) is 10.1 Å². The first kappa shape index (κ1) is 22.3. The summed E-state index contributed by atoms with van der Waals surface area (Å²) in [5.74, 6) is 0. The molecule has 1 aromatic rings. The van der Waals surface area contributed by atoms with Crippen molar-refractivity contribution in [3.63, 3.8) is 0 Å². The van der Waals surface area contributed by atoms with Gasteiger partial charge in [0.2, 0.25) is 5.39 Å². The van der Waals surface area contributed by atoms with Crippen LogP contribution < -0.4 is 12.4 Å². The molecule has 1 rings (SSSR count). The van der Waals surface area contributed by atoms with E-state index in [4.69, 9.17) is 5.39 Å². The van der Waals surface area contributed by atoms with Gasteiger partial charge in [-0.1, -0.05) is 70.8 Å². The molecule has 0 unspecified atom stereocenters. The summed E-state index contributed by atoms with van der Waals surface area (Å²) in [6.45, 7) is 2.24. The molecule has 0 amide bonds. The number of nitro groups is 1. The average Bonchev–Trinajstić information content (AvgIpc) is 2.56. The zero-order chi connectivity index (χ0) is 16.9. The molecule has 0 saturated carbocycles. The molecule has 0 atom stereocenters. The Bertz CT molecular complexity index is 529. The second-order valence-electron chi connectivity index (χ2n) is 6.11.